The minimum atomic E-state index is -0.357. The van der Waals surface area contributed by atoms with E-state index >= 15 is 0 Å². The van der Waals surface area contributed by atoms with Gasteiger partial charge in [0.05, 0.1) is 26.6 Å². The van der Waals surface area contributed by atoms with Crippen molar-refractivity contribution in [1.29, 1.82) is 0 Å². The molecule has 1 aromatic heterocycles. The highest BCUT2D eigenvalue weighted by Gasteiger charge is 2.10. The number of hydrogen-bond donors (Lipinski definition) is 1. The maximum Gasteiger partial charge on any atom is 0.311 e. The van der Waals surface area contributed by atoms with Crippen LogP contribution in [0.4, 0.5) is 5.95 Å². The van der Waals surface area contributed by atoms with Crippen molar-refractivity contribution in [3.05, 3.63) is 53.9 Å². The van der Waals surface area contributed by atoms with Crippen LogP contribution in [0.1, 0.15) is 37.8 Å². The summed E-state index contributed by atoms with van der Waals surface area (Å²) in [6, 6.07) is 10.1. The summed E-state index contributed by atoms with van der Waals surface area (Å²) in [7, 11) is 2.97. The Balaban J connectivity index is 1.68. The number of anilines is 1. The summed E-state index contributed by atoms with van der Waals surface area (Å²) in [5.74, 6) is 1.02. The fourth-order valence-electron chi connectivity index (χ4n) is 2.77. The largest absolute Gasteiger partial charge is 0.493 e. The molecule has 0 fully saturated rings. The number of ether oxygens (including phenoxy) is 4. The highest BCUT2D eigenvalue weighted by Crippen LogP contribution is 2.29. The van der Waals surface area contributed by atoms with Crippen molar-refractivity contribution >= 4 is 30.3 Å². The third-order valence-corrected chi connectivity index (χ3v) is 4.64. The SMILES string of the molecule is CCC(=O)Oc1ccc(/C=N/Nc2nncn2/N=C/c2ccc(OC(=O)CC)c(OC)c2)cc1OC. The minimum Gasteiger partial charge on any atom is -0.493 e. The van der Waals surface area contributed by atoms with Gasteiger partial charge in [0.2, 0.25) is 0 Å². The number of methoxy groups -OCH3 is 2. The zero-order valence-corrected chi connectivity index (χ0v) is 20.3. The van der Waals surface area contributed by atoms with Crippen LogP contribution in [0.3, 0.4) is 0 Å². The monoisotopic (exact) mass is 494 g/mol. The molecule has 0 saturated carbocycles. The highest BCUT2D eigenvalue weighted by molar-refractivity contribution is 5.83. The number of esters is 2. The van der Waals surface area contributed by atoms with Crippen molar-refractivity contribution in [3.8, 4) is 23.0 Å². The molecule has 188 valence electrons. The van der Waals surface area contributed by atoms with E-state index in [2.05, 4.69) is 25.8 Å². The molecule has 0 bridgehead atoms. The van der Waals surface area contributed by atoms with Crippen LogP contribution in [0.2, 0.25) is 0 Å². The maximum atomic E-state index is 11.6. The number of rotatable bonds is 11. The van der Waals surface area contributed by atoms with Gasteiger partial charge in [-0.1, -0.05) is 13.8 Å². The molecule has 0 radical (unpaired) electrons. The van der Waals surface area contributed by atoms with Gasteiger partial charge in [0, 0.05) is 12.8 Å². The molecular weight excluding hydrogens is 468 g/mol. The molecule has 1 heterocycles. The van der Waals surface area contributed by atoms with E-state index in [9.17, 15) is 9.59 Å². The number of hydrazone groups is 1. The normalized spacial score (nSPS) is 11.0. The number of hydrogen-bond acceptors (Lipinski definition) is 11. The third kappa shape index (κ3) is 6.88. The summed E-state index contributed by atoms with van der Waals surface area (Å²) < 4.78 is 22.5. The van der Waals surface area contributed by atoms with Crippen LogP contribution in [-0.4, -0.2) is 53.5 Å². The number of nitrogens with zero attached hydrogens (tertiary/aromatic N) is 5. The van der Waals surface area contributed by atoms with Gasteiger partial charge in [0.15, 0.2) is 23.0 Å². The zero-order valence-electron chi connectivity index (χ0n) is 20.3. The van der Waals surface area contributed by atoms with E-state index in [4.69, 9.17) is 18.9 Å². The summed E-state index contributed by atoms with van der Waals surface area (Å²) in [6.07, 6.45) is 5.02. The molecule has 3 rings (SSSR count). The van der Waals surface area contributed by atoms with Gasteiger partial charge in [-0.15, -0.1) is 10.2 Å². The molecule has 0 aliphatic carbocycles. The van der Waals surface area contributed by atoms with Gasteiger partial charge in [-0.25, -0.2) is 5.43 Å². The lowest BCUT2D eigenvalue weighted by Gasteiger charge is -2.09. The van der Waals surface area contributed by atoms with Gasteiger partial charge in [-0.2, -0.15) is 14.9 Å². The second-order valence-electron chi connectivity index (χ2n) is 7.09. The zero-order chi connectivity index (χ0) is 25.9. The first-order valence-corrected chi connectivity index (χ1v) is 11.0. The fraction of sp³-hybridized carbons (Fsp3) is 0.250. The van der Waals surface area contributed by atoms with E-state index in [-0.39, 0.29) is 30.7 Å². The summed E-state index contributed by atoms with van der Waals surface area (Å²) in [5.41, 5.74) is 4.16. The molecule has 0 amide bonds. The van der Waals surface area contributed by atoms with Gasteiger partial charge < -0.3 is 18.9 Å². The van der Waals surface area contributed by atoms with E-state index in [0.717, 1.165) is 0 Å². The summed E-state index contributed by atoms with van der Waals surface area (Å²) in [5, 5.41) is 16.3. The molecule has 0 saturated heterocycles. The first-order chi connectivity index (χ1) is 17.5. The van der Waals surface area contributed by atoms with Crippen LogP contribution in [0.15, 0.2) is 52.9 Å². The second-order valence-corrected chi connectivity index (χ2v) is 7.09. The quantitative estimate of drug-likeness (QED) is 0.184. The average Bonchev–Trinajstić information content (AvgIpc) is 3.35. The number of carbonyl (C=O) groups excluding carboxylic acids is 2. The van der Waals surface area contributed by atoms with Gasteiger partial charge in [-0.05, 0) is 47.5 Å². The van der Waals surface area contributed by atoms with E-state index in [0.29, 0.717) is 34.1 Å². The van der Waals surface area contributed by atoms with Crippen LogP contribution in [0, 0.1) is 0 Å². The van der Waals surface area contributed by atoms with Gasteiger partial charge >= 0.3 is 11.9 Å². The predicted octanol–water partition coefficient (Wildman–Crippen LogP) is 3.25. The Morgan fingerprint density at radius 2 is 1.44 bits per heavy atom. The predicted molar refractivity (Wildman–Crippen MR) is 132 cm³/mol. The van der Waals surface area contributed by atoms with E-state index < -0.39 is 0 Å². The van der Waals surface area contributed by atoms with Gasteiger partial charge in [-0.3, -0.25) is 9.59 Å². The van der Waals surface area contributed by atoms with E-state index in [1.165, 1.54) is 31.4 Å². The van der Waals surface area contributed by atoms with Crippen LogP contribution >= 0.6 is 0 Å². The smallest absolute Gasteiger partial charge is 0.311 e. The third-order valence-electron chi connectivity index (χ3n) is 4.64. The number of benzene rings is 2. The molecule has 0 aliphatic heterocycles. The van der Waals surface area contributed by atoms with Crippen LogP contribution < -0.4 is 24.4 Å². The van der Waals surface area contributed by atoms with E-state index in [1.54, 1.807) is 56.5 Å². The summed E-state index contributed by atoms with van der Waals surface area (Å²) in [4.78, 5) is 23.1. The Morgan fingerprint density at radius 1 is 0.889 bits per heavy atom. The molecule has 1 N–H and O–H groups in total. The molecular formula is C24H26N6O6. The fourth-order valence-corrected chi connectivity index (χ4v) is 2.77. The Hall–Kier alpha value is -4.74. The van der Waals surface area contributed by atoms with Crippen LogP contribution in [0.5, 0.6) is 23.0 Å². The summed E-state index contributed by atoms with van der Waals surface area (Å²) >= 11 is 0. The molecule has 2 aromatic carbocycles. The van der Waals surface area contributed by atoms with Crippen molar-refractivity contribution in [2.45, 2.75) is 26.7 Å². The van der Waals surface area contributed by atoms with Crippen molar-refractivity contribution < 1.29 is 28.5 Å². The molecule has 3 aromatic rings. The first-order valence-electron chi connectivity index (χ1n) is 11.0. The average molecular weight is 495 g/mol. The molecule has 0 unspecified atom stereocenters. The molecule has 0 aliphatic rings. The van der Waals surface area contributed by atoms with Crippen molar-refractivity contribution in [1.82, 2.24) is 14.9 Å². The maximum absolute atomic E-state index is 11.6. The molecule has 12 nitrogen and oxygen atoms in total. The first kappa shape index (κ1) is 25.9. The number of nitrogens with one attached hydrogen (secondary N) is 1. The van der Waals surface area contributed by atoms with Crippen molar-refractivity contribution in [2.75, 3.05) is 19.6 Å². The lowest BCUT2D eigenvalue weighted by Crippen LogP contribution is -2.07. The highest BCUT2D eigenvalue weighted by atomic mass is 16.6. The lowest BCUT2D eigenvalue weighted by atomic mass is 10.2. The molecule has 12 heteroatoms. The van der Waals surface area contributed by atoms with E-state index in [1.807, 2.05) is 0 Å². The Labute approximate surface area is 207 Å². The Kier molecular flexibility index (Phi) is 9.09. The van der Waals surface area contributed by atoms with Crippen LogP contribution in [-0.2, 0) is 9.59 Å². The lowest BCUT2D eigenvalue weighted by molar-refractivity contribution is -0.135. The number of aromatic nitrogens is 3. The van der Waals surface area contributed by atoms with Gasteiger partial charge in [0.25, 0.3) is 5.95 Å². The van der Waals surface area contributed by atoms with Crippen molar-refractivity contribution in [2.24, 2.45) is 10.2 Å². The standard InChI is InChI=1S/C24H26N6O6/c1-5-22(31)35-18-9-7-16(11-20(18)33-3)13-25-28-24-29-26-15-30(24)27-14-17-8-10-19(21(12-17)34-4)36-23(32)6-2/h7-15H,5-6H2,1-4H3,(H,28,29)/b25-13+,27-14+. The number of carbonyl (C=O) groups is 2. The molecule has 0 atom stereocenters. The van der Waals surface area contributed by atoms with Gasteiger partial charge in [0.1, 0.15) is 6.33 Å². The Bertz CT molecular complexity index is 1270. The second kappa shape index (κ2) is 12.6. The van der Waals surface area contributed by atoms with Crippen molar-refractivity contribution in [3.63, 3.8) is 0 Å². The summed E-state index contributed by atoms with van der Waals surface area (Å²) in [6.45, 7) is 3.42. The molecule has 36 heavy (non-hydrogen) atoms. The molecule has 0 spiro atoms. The topological polar surface area (TPSA) is 139 Å². The van der Waals surface area contributed by atoms with Crippen LogP contribution in [0.25, 0.3) is 0 Å². The minimum absolute atomic E-state index is 0.255. The Morgan fingerprint density at radius 3 is 1.97 bits per heavy atom.